The summed E-state index contributed by atoms with van der Waals surface area (Å²) in [6, 6.07) is 14.9. The quantitative estimate of drug-likeness (QED) is 0.364. The molecule has 8 heteroatoms. The number of benzene rings is 2. The first kappa shape index (κ1) is 24.3. The lowest BCUT2D eigenvalue weighted by atomic mass is 9.92. The molecule has 188 valence electrons. The molecule has 1 fully saturated rings. The molecule has 2 heterocycles. The van der Waals surface area contributed by atoms with Gasteiger partial charge in [0.05, 0.1) is 12.6 Å². The molecule has 7 nitrogen and oxygen atoms in total. The maximum absolute atomic E-state index is 13.4. The van der Waals surface area contributed by atoms with Crippen LogP contribution in [0.15, 0.2) is 53.3 Å². The summed E-state index contributed by atoms with van der Waals surface area (Å²) in [4.78, 5) is 18.6. The van der Waals surface area contributed by atoms with Crippen molar-refractivity contribution in [2.75, 3.05) is 0 Å². The monoisotopic (exact) mass is 488 g/mol. The predicted molar refractivity (Wildman–Crippen MR) is 138 cm³/mol. The maximum Gasteiger partial charge on any atom is 0.252 e. The summed E-state index contributed by atoms with van der Waals surface area (Å²) in [5, 5.41) is 13.8. The number of nitrogens with zero attached hydrogens (tertiary/aromatic N) is 5. The fourth-order valence-corrected chi connectivity index (χ4v) is 5.48. The number of hydrogen-bond donors (Lipinski definition) is 1. The highest BCUT2D eigenvalue weighted by Gasteiger charge is 2.32. The van der Waals surface area contributed by atoms with Crippen LogP contribution in [0.4, 0.5) is 4.39 Å². The van der Waals surface area contributed by atoms with Gasteiger partial charge in [-0.15, -0.1) is 5.10 Å². The molecule has 1 N–H and O–H groups in total. The summed E-state index contributed by atoms with van der Waals surface area (Å²) in [7, 11) is 0. The summed E-state index contributed by atoms with van der Waals surface area (Å²) in [5.41, 5.74) is 3.66. The Labute approximate surface area is 210 Å². The molecule has 1 aliphatic rings. The highest BCUT2D eigenvalue weighted by Crippen LogP contribution is 2.33. The first-order valence-corrected chi connectivity index (χ1v) is 12.9. The molecular weight excluding hydrogens is 455 g/mol. The van der Waals surface area contributed by atoms with E-state index < -0.39 is 0 Å². The zero-order valence-corrected chi connectivity index (χ0v) is 21.0. The standard InChI is InChI=1S/C28H33FN6O/c1-3-26(27-31-32-33-35(27)17-20-10-12-23(29)13-11-20)34(24-7-5-4-6-8-24)18-22-16-21-15-19(2)9-14-25(21)30-28(22)36/h9-16,24,26H,3-8,17-18H2,1-2H3,(H,30,36)/t26-/m1/s1. The van der Waals surface area contributed by atoms with E-state index in [1.165, 1.54) is 31.4 Å². The number of fused-ring (bicyclic) bond motifs is 1. The highest BCUT2D eigenvalue weighted by atomic mass is 19.1. The van der Waals surface area contributed by atoms with E-state index in [4.69, 9.17) is 0 Å². The number of H-pyrrole nitrogens is 1. The minimum absolute atomic E-state index is 0.0452. The summed E-state index contributed by atoms with van der Waals surface area (Å²) < 4.78 is 15.2. The lowest BCUT2D eigenvalue weighted by Gasteiger charge is -2.39. The van der Waals surface area contributed by atoms with Crippen molar-refractivity contribution in [2.45, 2.75) is 77.5 Å². The van der Waals surface area contributed by atoms with Gasteiger partial charge in [0.1, 0.15) is 5.82 Å². The second-order valence-corrected chi connectivity index (χ2v) is 9.92. The van der Waals surface area contributed by atoms with Gasteiger partial charge in [0.25, 0.3) is 5.56 Å². The molecule has 1 saturated carbocycles. The van der Waals surface area contributed by atoms with Gasteiger partial charge in [-0.05, 0) is 77.9 Å². The van der Waals surface area contributed by atoms with Gasteiger partial charge in [-0.2, -0.15) is 0 Å². The number of nitrogens with one attached hydrogen (secondary N) is 1. The first-order valence-electron chi connectivity index (χ1n) is 12.9. The Kier molecular flexibility index (Phi) is 7.23. The molecule has 0 aliphatic heterocycles. The van der Waals surface area contributed by atoms with Crippen molar-refractivity contribution in [3.05, 3.63) is 87.2 Å². The van der Waals surface area contributed by atoms with Crippen molar-refractivity contribution in [2.24, 2.45) is 0 Å². The van der Waals surface area contributed by atoms with Crippen LogP contribution in [-0.2, 0) is 13.1 Å². The third-order valence-electron chi connectivity index (χ3n) is 7.36. The average molecular weight is 489 g/mol. The summed E-state index contributed by atoms with van der Waals surface area (Å²) >= 11 is 0. The molecule has 0 saturated heterocycles. The Hall–Kier alpha value is -3.39. The topological polar surface area (TPSA) is 79.7 Å². The number of tetrazole rings is 1. The van der Waals surface area contributed by atoms with Crippen LogP contribution in [-0.4, -0.2) is 36.1 Å². The molecule has 1 atom stereocenters. The van der Waals surface area contributed by atoms with Crippen LogP contribution in [0.25, 0.3) is 10.9 Å². The number of rotatable bonds is 8. The van der Waals surface area contributed by atoms with Gasteiger partial charge in [0.2, 0.25) is 0 Å². The van der Waals surface area contributed by atoms with Gasteiger partial charge in [0.15, 0.2) is 5.82 Å². The SMILES string of the molecule is CC[C@H](c1nnnn1Cc1ccc(F)cc1)N(Cc1cc2cc(C)ccc2[nH]c1=O)C1CCCCC1. The highest BCUT2D eigenvalue weighted by molar-refractivity contribution is 5.79. The fourth-order valence-electron chi connectivity index (χ4n) is 5.48. The average Bonchev–Trinajstić information content (AvgIpc) is 3.34. The van der Waals surface area contributed by atoms with Crippen molar-refractivity contribution in [3.63, 3.8) is 0 Å². The Morgan fingerprint density at radius 1 is 1.11 bits per heavy atom. The van der Waals surface area contributed by atoms with Crippen LogP contribution in [0.5, 0.6) is 0 Å². The van der Waals surface area contributed by atoms with Crippen molar-refractivity contribution in [1.82, 2.24) is 30.1 Å². The van der Waals surface area contributed by atoms with Gasteiger partial charge in [-0.1, -0.05) is 49.9 Å². The molecule has 0 radical (unpaired) electrons. The summed E-state index contributed by atoms with van der Waals surface area (Å²) in [5.74, 6) is 0.516. The predicted octanol–water partition coefficient (Wildman–Crippen LogP) is 5.30. The number of aryl methyl sites for hydroxylation is 1. The lowest BCUT2D eigenvalue weighted by molar-refractivity contribution is 0.0844. The van der Waals surface area contributed by atoms with Gasteiger partial charge in [0, 0.05) is 23.7 Å². The van der Waals surface area contributed by atoms with Crippen molar-refractivity contribution >= 4 is 10.9 Å². The zero-order chi connectivity index (χ0) is 25.1. The van der Waals surface area contributed by atoms with Crippen LogP contribution in [0.1, 0.15) is 74.0 Å². The van der Waals surface area contributed by atoms with Gasteiger partial charge >= 0.3 is 0 Å². The minimum atomic E-state index is -0.263. The molecular formula is C28H33FN6O. The third kappa shape index (κ3) is 5.23. The number of hydrogen-bond acceptors (Lipinski definition) is 5. The maximum atomic E-state index is 13.4. The second kappa shape index (κ2) is 10.7. The van der Waals surface area contributed by atoms with E-state index in [-0.39, 0.29) is 17.4 Å². The molecule has 2 aromatic heterocycles. The molecule has 2 aromatic carbocycles. The lowest BCUT2D eigenvalue weighted by Crippen LogP contribution is -2.41. The first-order chi connectivity index (χ1) is 17.5. The largest absolute Gasteiger partial charge is 0.322 e. The second-order valence-electron chi connectivity index (χ2n) is 9.92. The van der Waals surface area contributed by atoms with E-state index in [1.54, 1.807) is 12.1 Å². The normalized spacial score (nSPS) is 15.6. The molecule has 0 unspecified atom stereocenters. The number of aromatic nitrogens is 5. The van der Waals surface area contributed by atoms with E-state index >= 15 is 0 Å². The Morgan fingerprint density at radius 2 is 1.89 bits per heavy atom. The minimum Gasteiger partial charge on any atom is -0.322 e. The molecule has 0 amide bonds. The van der Waals surface area contributed by atoms with Crippen molar-refractivity contribution in [1.29, 1.82) is 0 Å². The molecule has 0 spiro atoms. The van der Waals surface area contributed by atoms with Gasteiger partial charge in [-0.25, -0.2) is 9.07 Å². The summed E-state index contributed by atoms with van der Waals surface area (Å²) in [6.07, 6.45) is 6.63. The number of halogens is 1. The van der Waals surface area contributed by atoms with Crippen molar-refractivity contribution in [3.8, 4) is 0 Å². The zero-order valence-electron chi connectivity index (χ0n) is 21.0. The van der Waals surface area contributed by atoms with E-state index in [9.17, 15) is 9.18 Å². The molecule has 1 aliphatic carbocycles. The van der Waals surface area contributed by atoms with E-state index in [0.29, 0.717) is 19.1 Å². The Bertz CT molecular complexity index is 1370. The molecule has 0 bridgehead atoms. The van der Waals surface area contributed by atoms with Crippen LogP contribution < -0.4 is 5.56 Å². The van der Waals surface area contributed by atoms with E-state index in [0.717, 1.165) is 52.7 Å². The Balaban J connectivity index is 1.50. The third-order valence-corrected chi connectivity index (χ3v) is 7.36. The van der Waals surface area contributed by atoms with Crippen LogP contribution >= 0.6 is 0 Å². The number of pyridine rings is 1. The van der Waals surface area contributed by atoms with Gasteiger partial charge in [-0.3, -0.25) is 9.69 Å². The molecule has 4 aromatic rings. The smallest absolute Gasteiger partial charge is 0.252 e. The molecule has 36 heavy (non-hydrogen) atoms. The van der Waals surface area contributed by atoms with Crippen LogP contribution in [0, 0.1) is 12.7 Å². The summed E-state index contributed by atoms with van der Waals surface area (Å²) in [6.45, 7) is 5.21. The number of aromatic amines is 1. The van der Waals surface area contributed by atoms with E-state index in [2.05, 4.69) is 45.3 Å². The van der Waals surface area contributed by atoms with Crippen LogP contribution in [0.3, 0.4) is 0 Å². The molecule has 5 rings (SSSR count). The Morgan fingerprint density at radius 3 is 2.64 bits per heavy atom. The fraction of sp³-hybridized carbons (Fsp3) is 0.429. The van der Waals surface area contributed by atoms with Crippen LogP contribution in [0.2, 0.25) is 0 Å². The van der Waals surface area contributed by atoms with Crippen molar-refractivity contribution < 1.29 is 4.39 Å². The van der Waals surface area contributed by atoms with E-state index in [1.807, 2.05) is 22.9 Å². The van der Waals surface area contributed by atoms with Gasteiger partial charge < -0.3 is 4.98 Å².